The number of carbonyl (C=O) groups is 3. The first kappa shape index (κ1) is 25.0. The van der Waals surface area contributed by atoms with Crippen molar-refractivity contribution in [2.24, 2.45) is 0 Å². The van der Waals surface area contributed by atoms with E-state index in [-0.39, 0.29) is 39.5 Å². The molecule has 1 aliphatic carbocycles. The van der Waals surface area contributed by atoms with Crippen molar-refractivity contribution in [3.63, 3.8) is 0 Å². The number of fused-ring (bicyclic) bond motifs is 3. The van der Waals surface area contributed by atoms with Crippen molar-refractivity contribution in [1.29, 1.82) is 0 Å². The molecule has 0 bridgehead atoms. The van der Waals surface area contributed by atoms with Gasteiger partial charge in [0.05, 0.1) is 17.4 Å². The summed E-state index contributed by atoms with van der Waals surface area (Å²) in [6, 6.07) is 3.45. The van der Waals surface area contributed by atoms with Gasteiger partial charge >= 0.3 is 0 Å². The van der Waals surface area contributed by atoms with Crippen LogP contribution in [-0.2, 0) is 21.4 Å². The minimum Gasteiger partial charge on any atom is -0.507 e. The molecular formula is C27H25N3O8. The van der Waals surface area contributed by atoms with E-state index in [0.29, 0.717) is 42.6 Å². The Kier molecular flexibility index (Phi) is 5.93. The summed E-state index contributed by atoms with van der Waals surface area (Å²) in [6.07, 6.45) is 3.73. The second-order valence-electron chi connectivity index (χ2n) is 9.41. The predicted molar refractivity (Wildman–Crippen MR) is 132 cm³/mol. The summed E-state index contributed by atoms with van der Waals surface area (Å²) >= 11 is 0. The van der Waals surface area contributed by atoms with Crippen molar-refractivity contribution in [3.8, 4) is 28.8 Å². The van der Waals surface area contributed by atoms with Gasteiger partial charge in [0, 0.05) is 30.3 Å². The molecule has 0 fully saturated rings. The Balaban J connectivity index is 1.38. The number of aromatic hydroxyl groups is 2. The van der Waals surface area contributed by atoms with Gasteiger partial charge in [0.25, 0.3) is 0 Å². The monoisotopic (exact) mass is 519 g/mol. The van der Waals surface area contributed by atoms with Crippen LogP contribution in [0.3, 0.4) is 0 Å². The third-order valence-electron chi connectivity index (χ3n) is 6.93. The molecule has 0 saturated carbocycles. The number of Topliss-reactive ketones (excluding diaryl/α,β-unsaturated/α-hetero) is 2. The Morgan fingerprint density at radius 3 is 2.63 bits per heavy atom. The first-order chi connectivity index (χ1) is 18.1. The summed E-state index contributed by atoms with van der Waals surface area (Å²) < 4.78 is 16.3. The summed E-state index contributed by atoms with van der Waals surface area (Å²) in [5.41, 5.74) is -1.34. The molecule has 11 heteroatoms. The van der Waals surface area contributed by atoms with Crippen molar-refractivity contribution in [2.75, 3.05) is 6.54 Å². The lowest BCUT2D eigenvalue weighted by Gasteiger charge is -2.29. The van der Waals surface area contributed by atoms with Crippen LogP contribution in [0.2, 0.25) is 0 Å². The molecular weight excluding hydrogens is 494 g/mol. The molecule has 0 saturated heterocycles. The van der Waals surface area contributed by atoms with Crippen LogP contribution >= 0.6 is 0 Å². The van der Waals surface area contributed by atoms with Crippen molar-refractivity contribution in [2.45, 2.75) is 46.0 Å². The lowest BCUT2D eigenvalue weighted by molar-refractivity contribution is -0.123. The lowest BCUT2D eigenvalue weighted by Crippen LogP contribution is -2.41. The zero-order chi connectivity index (χ0) is 27.4. The van der Waals surface area contributed by atoms with Gasteiger partial charge in [-0.2, -0.15) is 4.98 Å². The molecule has 0 spiro atoms. The quantitative estimate of drug-likeness (QED) is 0.181. The van der Waals surface area contributed by atoms with E-state index in [2.05, 4.69) is 15.5 Å². The number of benzene rings is 1. The molecule has 3 heterocycles. The first-order valence-electron chi connectivity index (χ1n) is 12.0. The molecule has 3 aromatic rings. The fraction of sp³-hybridized carbons (Fsp3) is 0.296. The Morgan fingerprint density at radius 1 is 1.18 bits per heavy atom. The van der Waals surface area contributed by atoms with Crippen molar-refractivity contribution >= 4 is 17.3 Å². The van der Waals surface area contributed by atoms with Gasteiger partial charge in [0.15, 0.2) is 23.1 Å². The summed E-state index contributed by atoms with van der Waals surface area (Å²) in [6.45, 7) is 6.23. The fourth-order valence-corrected chi connectivity index (χ4v) is 4.83. The highest BCUT2D eigenvalue weighted by Gasteiger charge is 2.56. The molecule has 11 nitrogen and oxygen atoms in total. The minimum absolute atomic E-state index is 0.00870. The predicted octanol–water partition coefficient (Wildman–Crippen LogP) is 3.43. The van der Waals surface area contributed by atoms with Crippen LogP contribution in [0.5, 0.6) is 17.2 Å². The van der Waals surface area contributed by atoms with E-state index in [4.69, 9.17) is 13.7 Å². The maximum Gasteiger partial charge on any atom is 0.238 e. The molecule has 0 unspecified atom stereocenters. The molecule has 3 N–H and O–H groups in total. The molecule has 0 radical (unpaired) electrons. The van der Waals surface area contributed by atoms with Crippen molar-refractivity contribution in [3.05, 3.63) is 64.1 Å². The maximum atomic E-state index is 13.8. The summed E-state index contributed by atoms with van der Waals surface area (Å²) in [5.74, 6) is -1.31. The van der Waals surface area contributed by atoms with Crippen LogP contribution in [0.4, 0.5) is 0 Å². The van der Waals surface area contributed by atoms with Gasteiger partial charge in [-0.3, -0.25) is 14.4 Å². The van der Waals surface area contributed by atoms with Crippen molar-refractivity contribution < 1.29 is 38.3 Å². The van der Waals surface area contributed by atoms with Gasteiger partial charge in [-0.25, -0.2) is 0 Å². The number of nitrogens with zero attached hydrogens (tertiary/aromatic N) is 2. The van der Waals surface area contributed by atoms with Gasteiger partial charge in [-0.05, 0) is 46.2 Å². The number of ketones is 3. The van der Waals surface area contributed by atoms with Gasteiger partial charge in [0.1, 0.15) is 34.0 Å². The number of carbonyl (C=O) groups excluding carboxylic acids is 3. The molecule has 2 aromatic heterocycles. The smallest absolute Gasteiger partial charge is 0.238 e. The number of nitrogens with one attached hydrogen (secondary N) is 1. The lowest BCUT2D eigenvalue weighted by atomic mass is 9.70. The van der Waals surface area contributed by atoms with E-state index in [0.717, 1.165) is 0 Å². The first-order valence-corrected chi connectivity index (χ1v) is 12.0. The maximum absolute atomic E-state index is 13.8. The number of rotatable bonds is 7. The number of ether oxygens (including phenoxy) is 1. The third-order valence-corrected chi connectivity index (χ3v) is 6.93. The highest BCUT2D eigenvalue weighted by atomic mass is 16.5. The standard InChI is InChI=1S/C27H25N3O8/c1-12-22(33)20(14(3)31)24-21(23(12)34)27(4)17(37-24)11-15(32)19(25(27)35)13(2)28-9-5-8-18-29-26(30-38-18)16-7-6-10-36-16/h6-7,10-11,28,33-34H,5,8-9H2,1-4H3/b19-13+/t27-/m1/s1. The Labute approximate surface area is 216 Å². The van der Waals surface area contributed by atoms with Crippen molar-refractivity contribution in [1.82, 2.24) is 15.5 Å². The summed E-state index contributed by atoms with van der Waals surface area (Å²) in [5, 5.41) is 28.3. The van der Waals surface area contributed by atoms with Gasteiger partial charge < -0.3 is 29.2 Å². The van der Waals surface area contributed by atoms with E-state index >= 15 is 0 Å². The number of hydrogen-bond acceptors (Lipinski definition) is 11. The largest absolute Gasteiger partial charge is 0.507 e. The SMILES string of the molecule is CC(=O)c1c(O)c(C)c(O)c2c1OC1=CC(=O)/C(=C(/C)NCCCc3nc(-c4ccco4)no3)C(=O)[C@]12C. The number of phenolic OH excluding ortho intramolecular Hbond substituents is 2. The van der Waals surface area contributed by atoms with E-state index in [1.54, 1.807) is 19.1 Å². The van der Waals surface area contributed by atoms with E-state index in [1.165, 1.54) is 33.1 Å². The second kappa shape index (κ2) is 9.02. The Hall–Kier alpha value is -4.67. The molecule has 1 atom stereocenters. The normalized spacial score (nSPS) is 19.5. The number of allylic oxidation sites excluding steroid dienone is 4. The van der Waals surface area contributed by atoms with E-state index in [1.807, 2.05) is 0 Å². The third kappa shape index (κ3) is 3.69. The number of furan rings is 1. The van der Waals surface area contributed by atoms with Crippen LogP contribution in [0, 0.1) is 6.92 Å². The van der Waals surface area contributed by atoms with Crippen LogP contribution in [0.1, 0.15) is 54.6 Å². The Bertz CT molecular complexity index is 1560. The number of aromatic nitrogens is 2. The average molecular weight is 520 g/mol. The summed E-state index contributed by atoms with van der Waals surface area (Å²) in [4.78, 5) is 43.4. The molecule has 5 rings (SSSR count). The number of hydrogen-bond donors (Lipinski definition) is 3. The minimum atomic E-state index is -1.56. The fourth-order valence-electron chi connectivity index (χ4n) is 4.83. The summed E-state index contributed by atoms with van der Waals surface area (Å²) in [7, 11) is 0. The van der Waals surface area contributed by atoms with Crippen LogP contribution in [0.25, 0.3) is 11.6 Å². The highest BCUT2D eigenvalue weighted by molar-refractivity contribution is 6.31. The van der Waals surface area contributed by atoms with E-state index in [9.17, 15) is 24.6 Å². The molecule has 196 valence electrons. The molecule has 38 heavy (non-hydrogen) atoms. The highest BCUT2D eigenvalue weighted by Crippen LogP contribution is 2.57. The number of phenols is 2. The zero-order valence-corrected chi connectivity index (χ0v) is 21.2. The topological polar surface area (TPSA) is 165 Å². The van der Waals surface area contributed by atoms with Crippen LogP contribution < -0.4 is 10.1 Å². The average Bonchev–Trinajstić information content (AvgIpc) is 3.60. The second-order valence-corrected chi connectivity index (χ2v) is 9.41. The molecule has 1 aromatic carbocycles. The molecule has 2 aliphatic rings. The van der Waals surface area contributed by atoms with Gasteiger partial charge in [-0.15, -0.1) is 0 Å². The zero-order valence-electron chi connectivity index (χ0n) is 21.2. The van der Waals surface area contributed by atoms with Crippen LogP contribution in [0.15, 0.2) is 50.4 Å². The van der Waals surface area contributed by atoms with E-state index < -0.39 is 28.5 Å². The van der Waals surface area contributed by atoms with Gasteiger partial charge in [0.2, 0.25) is 11.7 Å². The molecule has 1 aliphatic heterocycles. The van der Waals surface area contributed by atoms with Crippen LogP contribution in [-0.4, -0.2) is 44.2 Å². The Morgan fingerprint density at radius 2 is 1.95 bits per heavy atom. The molecule has 0 amide bonds. The van der Waals surface area contributed by atoms with Gasteiger partial charge in [-0.1, -0.05) is 5.16 Å². The number of aryl methyl sites for hydroxylation is 1.